The van der Waals surface area contributed by atoms with Crippen LogP contribution in [-0.4, -0.2) is 25.3 Å². The predicted molar refractivity (Wildman–Crippen MR) is 64.5 cm³/mol. The van der Waals surface area contributed by atoms with Gasteiger partial charge in [0, 0.05) is 5.56 Å². The molecule has 2 rings (SSSR count). The van der Waals surface area contributed by atoms with E-state index < -0.39 is 0 Å². The molecule has 1 heterocycles. The molecule has 0 unspecified atom stereocenters. The van der Waals surface area contributed by atoms with Crippen LogP contribution >= 0.6 is 0 Å². The third-order valence-electron chi connectivity index (χ3n) is 2.37. The van der Waals surface area contributed by atoms with Crippen molar-refractivity contribution in [2.75, 3.05) is 0 Å². The quantitative estimate of drug-likeness (QED) is 0.640. The Kier molecular flexibility index (Phi) is 3.02. The fraction of sp³-hybridized carbons (Fsp3) is 0.182. The van der Waals surface area contributed by atoms with Crippen molar-refractivity contribution in [3.05, 3.63) is 46.2 Å². The van der Waals surface area contributed by atoms with Gasteiger partial charge in [0.25, 0.3) is 5.82 Å². The second kappa shape index (κ2) is 4.63. The summed E-state index contributed by atoms with van der Waals surface area (Å²) in [6.45, 7) is 1.94. The lowest BCUT2D eigenvalue weighted by Crippen LogP contribution is -1.94. The van der Waals surface area contributed by atoms with Crippen molar-refractivity contribution in [2.45, 2.75) is 6.92 Å². The van der Waals surface area contributed by atoms with E-state index in [1.807, 2.05) is 19.1 Å². The molecular weight excluding hydrogens is 232 g/mol. The molecule has 2 aromatic rings. The maximum absolute atomic E-state index is 10.0. The van der Waals surface area contributed by atoms with Crippen molar-refractivity contribution in [3.8, 4) is 0 Å². The molecule has 0 aliphatic carbocycles. The fourth-order valence-corrected chi connectivity index (χ4v) is 1.43. The van der Waals surface area contributed by atoms with Crippen molar-refractivity contribution < 1.29 is 5.11 Å². The number of tetrazole rings is 1. The largest absolute Gasteiger partial charge is 0.501 e. The second-order valence-corrected chi connectivity index (χ2v) is 3.77. The van der Waals surface area contributed by atoms with Crippen molar-refractivity contribution >= 4 is 11.5 Å². The summed E-state index contributed by atoms with van der Waals surface area (Å²) < 4.78 is 0. The van der Waals surface area contributed by atoms with E-state index in [-0.39, 0.29) is 17.3 Å². The maximum Gasteiger partial charge on any atom is 0.474 e. The molecule has 0 aliphatic heterocycles. The molecule has 7 heteroatoms. The molecule has 1 aromatic heterocycles. The Morgan fingerprint density at radius 2 is 2.00 bits per heavy atom. The van der Waals surface area contributed by atoms with Gasteiger partial charge < -0.3 is 5.11 Å². The number of nitrogens with zero attached hydrogens (tertiary/aromatic N) is 6. The zero-order chi connectivity index (χ0) is 13.1. The molecule has 18 heavy (non-hydrogen) atoms. The highest BCUT2D eigenvalue weighted by Gasteiger charge is 2.28. The third-order valence-corrected chi connectivity index (χ3v) is 2.37. The zero-order valence-electron chi connectivity index (χ0n) is 9.94. The highest BCUT2D eigenvalue weighted by Crippen LogP contribution is 2.22. The number of diazo groups is 1. The summed E-state index contributed by atoms with van der Waals surface area (Å²) in [5.41, 5.74) is 1.46. The van der Waals surface area contributed by atoms with Gasteiger partial charge in [-0.25, -0.2) is 0 Å². The minimum absolute atomic E-state index is 0.0538. The molecular formula is C11H11N6O+. The van der Waals surface area contributed by atoms with Gasteiger partial charge in [0.2, 0.25) is 11.2 Å². The van der Waals surface area contributed by atoms with Crippen LogP contribution < -0.4 is 0 Å². The molecule has 0 saturated carbocycles. The van der Waals surface area contributed by atoms with Crippen LogP contribution in [0.4, 0.5) is 0 Å². The van der Waals surface area contributed by atoms with Gasteiger partial charge in [-0.2, -0.15) is 4.80 Å². The van der Waals surface area contributed by atoms with Crippen molar-refractivity contribution in [2.24, 2.45) is 7.05 Å². The fourth-order valence-electron chi connectivity index (χ4n) is 1.43. The normalized spacial score (nSPS) is 11.8. The summed E-state index contributed by atoms with van der Waals surface area (Å²) in [4.78, 5) is 4.23. The van der Waals surface area contributed by atoms with Gasteiger partial charge >= 0.3 is 5.70 Å². The van der Waals surface area contributed by atoms with E-state index in [2.05, 4.69) is 20.4 Å². The SMILES string of the molecule is Cc1ccc(/C(O)=C(\[N+]#N)c2nnn(C)n2)cc1. The van der Waals surface area contributed by atoms with E-state index in [0.29, 0.717) is 5.56 Å². The van der Waals surface area contributed by atoms with E-state index in [1.165, 1.54) is 4.80 Å². The van der Waals surface area contributed by atoms with Gasteiger partial charge in [-0.05, 0) is 12.1 Å². The Morgan fingerprint density at radius 1 is 1.33 bits per heavy atom. The summed E-state index contributed by atoms with van der Waals surface area (Å²) in [5.74, 6) is -0.149. The molecule has 0 spiro atoms. The van der Waals surface area contributed by atoms with E-state index in [9.17, 15) is 5.11 Å². The first-order chi connectivity index (χ1) is 8.61. The summed E-state index contributed by atoms with van der Waals surface area (Å²) in [5, 5.41) is 30.2. The lowest BCUT2D eigenvalue weighted by atomic mass is 10.1. The molecule has 1 aromatic carbocycles. The Bertz CT molecular complexity index is 634. The Labute approximate surface area is 103 Å². The number of benzene rings is 1. The van der Waals surface area contributed by atoms with E-state index in [0.717, 1.165) is 5.56 Å². The van der Waals surface area contributed by atoms with Crippen LogP contribution in [-0.2, 0) is 7.05 Å². The van der Waals surface area contributed by atoms with Gasteiger partial charge in [0.1, 0.15) is 0 Å². The topological polar surface area (TPSA) is 92.0 Å². The number of aliphatic hydroxyl groups excluding tert-OH is 1. The van der Waals surface area contributed by atoms with Crippen LogP contribution in [0.5, 0.6) is 0 Å². The summed E-state index contributed by atoms with van der Waals surface area (Å²) in [7, 11) is 1.58. The molecule has 0 amide bonds. The Balaban J connectivity index is 2.50. The van der Waals surface area contributed by atoms with E-state index >= 15 is 0 Å². The van der Waals surface area contributed by atoms with Crippen LogP contribution in [0.15, 0.2) is 24.3 Å². The van der Waals surface area contributed by atoms with E-state index in [1.54, 1.807) is 19.2 Å². The molecule has 1 N–H and O–H groups in total. The minimum atomic E-state index is -0.203. The first-order valence-electron chi connectivity index (χ1n) is 5.21. The first kappa shape index (κ1) is 11.7. The van der Waals surface area contributed by atoms with Gasteiger partial charge in [-0.3, -0.25) is 0 Å². The van der Waals surface area contributed by atoms with Crippen molar-refractivity contribution in [3.63, 3.8) is 0 Å². The van der Waals surface area contributed by atoms with Gasteiger partial charge in [0.15, 0.2) is 4.98 Å². The molecule has 0 bridgehead atoms. The zero-order valence-corrected chi connectivity index (χ0v) is 9.94. The van der Waals surface area contributed by atoms with E-state index in [4.69, 9.17) is 5.39 Å². The van der Waals surface area contributed by atoms with Gasteiger partial charge in [-0.15, -0.1) is 5.10 Å². The Hall–Kier alpha value is -2.75. The molecule has 0 radical (unpaired) electrons. The number of aryl methyl sites for hydroxylation is 2. The first-order valence-corrected chi connectivity index (χ1v) is 5.21. The summed E-state index contributed by atoms with van der Waals surface area (Å²) >= 11 is 0. The van der Waals surface area contributed by atoms with Crippen LogP contribution in [0.2, 0.25) is 0 Å². The van der Waals surface area contributed by atoms with Crippen LogP contribution in [0.1, 0.15) is 17.0 Å². The van der Waals surface area contributed by atoms with Crippen LogP contribution in [0.25, 0.3) is 16.4 Å². The monoisotopic (exact) mass is 243 g/mol. The average molecular weight is 243 g/mol. The highest BCUT2D eigenvalue weighted by atomic mass is 16.3. The molecule has 0 atom stereocenters. The number of hydrogen-bond acceptors (Lipinski definition) is 5. The van der Waals surface area contributed by atoms with Crippen LogP contribution in [0.3, 0.4) is 0 Å². The van der Waals surface area contributed by atoms with Crippen molar-refractivity contribution in [1.29, 1.82) is 5.39 Å². The van der Waals surface area contributed by atoms with Crippen LogP contribution in [0, 0.1) is 12.3 Å². The highest BCUT2D eigenvalue weighted by molar-refractivity contribution is 5.87. The number of rotatable bonds is 2. The summed E-state index contributed by atoms with van der Waals surface area (Å²) in [6, 6.07) is 7.10. The minimum Gasteiger partial charge on any atom is -0.501 e. The standard InChI is InChI=1S/C11H10N6O/c1-7-3-5-8(6-4-7)10(18)9(13-12)11-14-16-17(2)15-11/h3-6H,1-2H3/p+1. The maximum atomic E-state index is 10.0. The molecule has 0 saturated heterocycles. The predicted octanol–water partition coefficient (Wildman–Crippen LogP) is 1.76. The Morgan fingerprint density at radius 3 is 2.50 bits per heavy atom. The number of aromatic nitrogens is 4. The second-order valence-electron chi connectivity index (χ2n) is 3.77. The lowest BCUT2D eigenvalue weighted by molar-refractivity contribution is 0.513. The van der Waals surface area contributed by atoms with Crippen molar-refractivity contribution in [1.82, 2.24) is 20.2 Å². The molecule has 0 aliphatic rings. The third kappa shape index (κ3) is 2.17. The van der Waals surface area contributed by atoms with Gasteiger partial charge in [-0.1, -0.05) is 34.9 Å². The number of aliphatic hydroxyl groups is 1. The average Bonchev–Trinajstić information content (AvgIpc) is 2.77. The number of hydrogen-bond donors (Lipinski definition) is 1. The van der Waals surface area contributed by atoms with Gasteiger partial charge in [0.05, 0.1) is 7.05 Å². The smallest absolute Gasteiger partial charge is 0.474 e. The molecule has 90 valence electrons. The molecule has 0 fully saturated rings. The molecule has 7 nitrogen and oxygen atoms in total. The lowest BCUT2D eigenvalue weighted by Gasteiger charge is -1.97. The summed E-state index contributed by atoms with van der Waals surface area (Å²) in [6.07, 6.45) is 0.